The molecule has 0 amide bonds. The van der Waals surface area contributed by atoms with Crippen molar-refractivity contribution in [3.63, 3.8) is 0 Å². The molecule has 0 saturated carbocycles. The van der Waals surface area contributed by atoms with Crippen molar-refractivity contribution in [1.29, 1.82) is 0 Å². The van der Waals surface area contributed by atoms with Gasteiger partial charge in [-0.15, -0.1) is 0 Å². The number of nitrogens with zero attached hydrogens (tertiary/aromatic N) is 1. The Bertz CT molecular complexity index is 893. The third-order valence-electron chi connectivity index (χ3n) is 3.72. The molecule has 2 rings (SSSR count). The van der Waals surface area contributed by atoms with Crippen molar-refractivity contribution in [2.45, 2.75) is 23.8 Å². The summed E-state index contributed by atoms with van der Waals surface area (Å²) in [5.41, 5.74) is 0.860. The molecule has 2 aromatic carbocycles. The Kier molecular flexibility index (Phi) is 5.76. The molecule has 2 N–H and O–H groups in total. The first-order valence-corrected chi connectivity index (χ1v) is 9.05. The lowest BCUT2D eigenvalue weighted by Crippen LogP contribution is -2.36. The minimum atomic E-state index is -4.01. The Hall–Kier alpha value is -2.45. The van der Waals surface area contributed by atoms with Crippen LogP contribution >= 0.6 is 0 Å². The van der Waals surface area contributed by atoms with E-state index in [9.17, 15) is 18.0 Å². The Balaban J connectivity index is 2.44. The molecule has 0 unspecified atom stereocenters. The van der Waals surface area contributed by atoms with Gasteiger partial charge < -0.3 is 10.0 Å². The van der Waals surface area contributed by atoms with E-state index in [-0.39, 0.29) is 17.7 Å². The van der Waals surface area contributed by atoms with E-state index in [4.69, 9.17) is 5.11 Å². The third-order valence-corrected chi connectivity index (χ3v) is 5.25. The van der Waals surface area contributed by atoms with E-state index in [0.29, 0.717) is 5.39 Å². The Morgan fingerprint density at radius 2 is 1.84 bits per heavy atom. The lowest BCUT2D eigenvalue weighted by Gasteiger charge is -2.18. The second-order valence-electron chi connectivity index (χ2n) is 5.75. The number of hydrogen-bond donors (Lipinski definition) is 2. The van der Waals surface area contributed by atoms with Crippen LogP contribution in [0.3, 0.4) is 0 Å². The number of anilines is 1. The van der Waals surface area contributed by atoms with Crippen molar-refractivity contribution in [3.8, 4) is 0 Å². The van der Waals surface area contributed by atoms with Gasteiger partial charge in [-0.2, -0.15) is 0 Å². The van der Waals surface area contributed by atoms with E-state index in [1.165, 1.54) is 6.07 Å². The molecule has 0 heterocycles. The van der Waals surface area contributed by atoms with Crippen LogP contribution < -0.4 is 9.62 Å². The predicted octanol–water partition coefficient (Wildman–Crippen LogP) is 1.53. The molecule has 8 heteroatoms. The minimum Gasteiger partial charge on any atom is -0.481 e. The van der Waals surface area contributed by atoms with Crippen molar-refractivity contribution in [1.82, 2.24) is 4.72 Å². The molecule has 0 bridgehead atoms. The number of carbonyl (C=O) groups is 1. The first-order valence-electron chi connectivity index (χ1n) is 7.57. The highest BCUT2D eigenvalue weighted by Crippen LogP contribution is 2.30. The Morgan fingerprint density at radius 1 is 1.20 bits per heavy atom. The highest BCUT2D eigenvalue weighted by Gasteiger charge is 2.23. The normalized spacial score (nSPS) is 12.7. The van der Waals surface area contributed by atoms with Crippen LogP contribution in [0.1, 0.15) is 12.8 Å². The van der Waals surface area contributed by atoms with Crippen LogP contribution in [0.15, 0.2) is 41.3 Å². The first kappa shape index (κ1) is 18.9. The maximum absolute atomic E-state index is 12.7. The van der Waals surface area contributed by atoms with Gasteiger partial charge in [-0.1, -0.05) is 24.3 Å². The van der Waals surface area contributed by atoms with E-state index in [1.54, 1.807) is 24.5 Å². The predicted molar refractivity (Wildman–Crippen MR) is 94.9 cm³/mol. The van der Waals surface area contributed by atoms with Crippen LogP contribution in [0.5, 0.6) is 0 Å². The zero-order valence-electron chi connectivity index (χ0n) is 13.9. The maximum Gasteiger partial charge on any atom is 0.303 e. The van der Waals surface area contributed by atoms with Crippen LogP contribution in [0.25, 0.3) is 10.8 Å². The topological polar surface area (TPSA) is 104 Å². The van der Waals surface area contributed by atoms with Crippen molar-refractivity contribution < 1.29 is 23.1 Å². The smallest absolute Gasteiger partial charge is 0.303 e. The number of carboxylic acids is 1. The number of sulfonamides is 1. The zero-order valence-corrected chi connectivity index (χ0v) is 14.7. The van der Waals surface area contributed by atoms with Crippen LogP contribution in [-0.2, 0) is 19.6 Å². The molecular formula is C17H19N2O5S. The fourth-order valence-electron chi connectivity index (χ4n) is 2.55. The molecular weight excluding hydrogens is 344 g/mol. The van der Waals surface area contributed by atoms with Gasteiger partial charge in [0.15, 0.2) is 0 Å². The maximum atomic E-state index is 12.7. The van der Waals surface area contributed by atoms with Crippen molar-refractivity contribution in [2.75, 3.05) is 19.0 Å². The largest absolute Gasteiger partial charge is 0.481 e. The molecule has 133 valence electrons. The lowest BCUT2D eigenvalue weighted by molar-refractivity contribution is -0.137. The van der Waals surface area contributed by atoms with E-state index in [0.717, 1.165) is 11.1 Å². The molecule has 1 atom stereocenters. The van der Waals surface area contributed by atoms with Crippen molar-refractivity contribution in [3.05, 3.63) is 36.4 Å². The first-order chi connectivity index (χ1) is 11.8. The van der Waals surface area contributed by atoms with E-state index in [2.05, 4.69) is 4.72 Å². The number of rotatable bonds is 8. The van der Waals surface area contributed by atoms with Gasteiger partial charge in [0, 0.05) is 37.0 Å². The summed E-state index contributed by atoms with van der Waals surface area (Å²) in [6.45, 7) is 0. The molecule has 0 spiro atoms. The lowest BCUT2D eigenvalue weighted by atomic mass is 10.1. The average Bonchev–Trinajstić information content (AvgIpc) is 2.57. The fourth-order valence-corrected chi connectivity index (χ4v) is 3.94. The van der Waals surface area contributed by atoms with E-state index >= 15 is 0 Å². The molecule has 25 heavy (non-hydrogen) atoms. The number of hydrogen-bond acceptors (Lipinski definition) is 5. The summed E-state index contributed by atoms with van der Waals surface area (Å²) in [6.07, 6.45) is 1.06. The average molecular weight is 363 g/mol. The molecule has 0 aromatic heterocycles. The van der Waals surface area contributed by atoms with Crippen LogP contribution in [0.4, 0.5) is 5.69 Å². The van der Waals surface area contributed by atoms with Gasteiger partial charge in [0.05, 0.1) is 10.9 Å². The second-order valence-corrected chi connectivity index (χ2v) is 7.43. The number of fused-ring (bicyclic) bond motifs is 1. The summed E-state index contributed by atoms with van der Waals surface area (Å²) in [7, 11) is -0.295. The van der Waals surface area contributed by atoms with Gasteiger partial charge in [-0.3, -0.25) is 9.59 Å². The van der Waals surface area contributed by atoms with Crippen LogP contribution in [0, 0.1) is 0 Å². The number of carboxylic acid groups (broad SMARTS) is 1. The SMILES string of the molecule is CN(C)c1cccc2c(S(=O)(=O)N[C@H]([C]=O)CCC(=O)O)cccc12. The minimum absolute atomic E-state index is 0.0317. The summed E-state index contributed by atoms with van der Waals surface area (Å²) in [6, 6.07) is 8.99. The number of carbonyl (C=O) groups excluding carboxylic acids is 1. The fraction of sp³-hybridized carbons (Fsp3) is 0.294. The summed E-state index contributed by atoms with van der Waals surface area (Å²) in [4.78, 5) is 23.5. The molecule has 7 nitrogen and oxygen atoms in total. The van der Waals surface area contributed by atoms with Crippen LogP contribution in [-0.4, -0.2) is 45.9 Å². The molecule has 0 fully saturated rings. The van der Waals surface area contributed by atoms with E-state index in [1.807, 2.05) is 31.1 Å². The van der Waals surface area contributed by atoms with Crippen LogP contribution in [0.2, 0.25) is 0 Å². The van der Waals surface area contributed by atoms with Crippen molar-refractivity contribution in [2.24, 2.45) is 0 Å². The number of aliphatic carboxylic acids is 1. The quantitative estimate of drug-likeness (QED) is 0.737. The standard InChI is InChI=1S/C17H19N2O5S/c1-19(2)15-7-3-6-14-13(15)5-4-8-16(14)25(23,24)18-12(11-20)9-10-17(21)22/h3-8,12,18H,9-10H2,1-2H3,(H,21,22)/t12-/m0/s1. The van der Waals surface area contributed by atoms with Gasteiger partial charge >= 0.3 is 5.97 Å². The zero-order chi connectivity index (χ0) is 18.6. The Labute approximate surface area is 146 Å². The monoisotopic (exact) mass is 363 g/mol. The number of nitrogens with one attached hydrogen (secondary N) is 1. The molecule has 2 aromatic rings. The summed E-state index contributed by atoms with van der Waals surface area (Å²) >= 11 is 0. The summed E-state index contributed by atoms with van der Waals surface area (Å²) in [5.74, 6) is -1.11. The van der Waals surface area contributed by atoms with Crippen molar-refractivity contribution >= 4 is 38.7 Å². The Morgan fingerprint density at radius 3 is 2.44 bits per heavy atom. The molecule has 0 saturated heterocycles. The molecule has 1 radical (unpaired) electrons. The second kappa shape index (κ2) is 7.62. The highest BCUT2D eigenvalue weighted by molar-refractivity contribution is 7.89. The molecule has 0 aliphatic heterocycles. The number of benzene rings is 2. The van der Waals surface area contributed by atoms with Gasteiger partial charge in [0.2, 0.25) is 16.3 Å². The van der Waals surface area contributed by atoms with Gasteiger partial charge in [-0.25, -0.2) is 13.1 Å². The highest BCUT2D eigenvalue weighted by atomic mass is 32.2. The van der Waals surface area contributed by atoms with Gasteiger partial charge in [0.25, 0.3) is 0 Å². The third kappa shape index (κ3) is 4.34. The summed E-state index contributed by atoms with van der Waals surface area (Å²) in [5, 5.41) is 9.96. The van der Waals surface area contributed by atoms with Gasteiger partial charge in [0.1, 0.15) is 0 Å². The summed E-state index contributed by atoms with van der Waals surface area (Å²) < 4.78 is 27.6. The molecule has 0 aliphatic rings. The van der Waals surface area contributed by atoms with E-state index < -0.39 is 22.0 Å². The molecule has 0 aliphatic carbocycles. The van der Waals surface area contributed by atoms with Gasteiger partial charge in [-0.05, 0) is 18.6 Å².